The first kappa shape index (κ1) is 15.9. The van der Waals surface area contributed by atoms with E-state index in [9.17, 15) is 5.26 Å². The number of nitriles is 1. The summed E-state index contributed by atoms with van der Waals surface area (Å²) in [5.41, 5.74) is 2.11. The smallest absolute Gasteiger partial charge is 0.128 e. The second-order valence-electron chi connectivity index (χ2n) is 5.14. The van der Waals surface area contributed by atoms with Crippen LogP contribution in [-0.2, 0) is 0 Å². The molecule has 3 rings (SSSR count). The summed E-state index contributed by atoms with van der Waals surface area (Å²) in [4.78, 5) is 0. The normalized spacial score (nSPS) is 10.9. The summed E-state index contributed by atoms with van der Waals surface area (Å²) in [6.07, 6.45) is 1.80. The average molecular weight is 332 g/mol. The number of hydrogen-bond acceptors (Lipinski definition) is 2. The van der Waals surface area contributed by atoms with Crippen molar-refractivity contribution in [2.45, 2.75) is 0 Å². The summed E-state index contributed by atoms with van der Waals surface area (Å²) in [7, 11) is 0. The van der Waals surface area contributed by atoms with Crippen LogP contribution < -0.4 is 4.74 Å². The Morgan fingerprint density at radius 3 is 2.33 bits per heavy atom. The van der Waals surface area contributed by atoms with Crippen LogP contribution in [0, 0.1) is 11.3 Å². The van der Waals surface area contributed by atoms with Crippen LogP contribution >= 0.6 is 11.6 Å². The molecular formula is C21H14ClNO. The van der Waals surface area contributed by atoms with E-state index in [-0.39, 0.29) is 0 Å². The van der Waals surface area contributed by atoms with E-state index in [1.165, 1.54) is 0 Å². The van der Waals surface area contributed by atoms with Crippen LogP contribution in [0.15, 0.2) is 78.9 Å². The number of rotatable bonds is 4. The van der Waals surface area contributed by atoms with Crippen molar-refractivity contribution in [1.82, 2.24) is 0 Å². The van der Waals surface area contributed by atoms with Crippen LogP contribution in [0.3, 0.4) is 0 Å². The Balaban J connectivity index is 1.91. The lowest BCUT2D eigenvalue weighted by atomic mass is 10.0. The molecule has 116 valence electrons. The third-order valence-electron chi connectivity index (χ3n) is 3.43. The molecule has 3 aromatic rings. The lowest BCUT2D eigenvalue weighted by Crippen LogP contribution is -1.86. The maximum absolute atomic E-state index is 9.46. The number of halogens is 1. The topological polar surface area (TPSA) is 33.0 Å². The Morgan fingerprint density at radius 1 is 0.875 bits per heavy atom. The fourth-order valence-electron chi connectivity index (χ4n) is 2.31. The molecule has 3 heteroatoms. The van der Waals surface area contributed by atoms with Crippen LogP contribution in [0.4, 0.5) is 0 Å². The van der Waals surface area contributed by atoms with Crippen LogP contribution in [0.1, 0.15) is 11.1 Å². The highest BCUT2D eigenvalue weighted by Gasteiger charge is 2.06. The van der Waals surface area contributed by atoms with E-state index in [4.69, 9.17) is 16.3 Å². The maximum atomic E-state index is 9.46. The molecule has 0 bridgehead atoms. The molecule has 0 aliphatic carbocycles. The summed E-state index contributed by atoms with van der Waals surface area (Å²) in [5.74, 6) is 1.48. The molecule has 0 N–H and O–H groups in total. The monoisotopic (exact) mass is 331 g/mol. The zero-order valence-electron chi connectivity index (χ0n) is 12.8. The second-order valence-corrected chi connectivity index (χ2v) is 5.54. The van der Waals surface area contributed by atoms with Gasteiger partial charge in [-0.3, -0.25) is 0 Å². The van der Waals surface area contributed by atoms with Gasteiger partial charge in [0.15, 0.2) is 0 Å². The van der Waals surface area contributed by atoms with Gasteiger partial charge in [-0.25, -0.2) is 0 Å². The van der Waals surface area contributed by atoms with Crippen molar-refractivity contribution in [2.24, 2.45) is 0 Å². The largest absolute Gasteiger partial charge is 0.457 e. The van der Waals surface area contributed by atoms with Gasteiger partial charge in [0.1, 0.15) is 11.5 Å². The molecule has 0 unspecified atom stereocenters. The first-order chi connectivity index (χ1) is 11.8. The lowest BCUT2D eigenvalue weighted by molar-refractivity contribution is 0.482. The van der Waals surface area contributed by atoms with E-state index in [0.29, 0.717) is 16.3 Å². The van der Waals surface area contributed by atoms with Gasteiger partial charge in [0.05, 0.1) is 11.6 Å². The van der Waals surface area contributed by atoms with Gasteiger partial charge in [0.2, 0.25) is 0 Å². The fraction of sp³-hybridized carbons (Fsp3) is 0. The first-order valence-electron chi connectivity index (χ1n) is 7.46. The minimum atomic E-state index is 0.512. The molecule has 0 aromatic heterocycles. The molecule has 0 radical (unpaired) electrons. The van der Waals surface area contributed by atoms with Crippen molar-refractivity contribution in [3.63, 3.8) is 0 Å². The Bertz CT molecular complexity index is 910. The zero-order valence-corrected chi connectivity index (χ0v) is 13.6. The number of hydrogen-bond donors (Lipinski definition) is 0. The van der Waals surface area contributed by atoms with Gasteiger partial charge in [0, 0.05) is 10.6 Å². The first-order valence-corrected chi connectivity index (χ1v) is 7.84. The van der Waals surface area contributed by atoms with Crippen molar-refractivity contribution in [3.05, 3.63) is 95.0 Å². The molecule has 3 aromatic carbocycles. The molecule has 0 fully saturated rings. The van der Waals surface area contributed by atoms with Crippen molar-refractivity contribution in [3.8, 4) is 17.6 Å². The molecular weight excluding hydrogens is 318 g/mol. The summed E-state index contributed by atoms with van der Waals surface area (Å²) < 4.78 is 5.83. The van der Waals surface area contributed by atoms with Crippen molar-refractivity contribution < 1.29 is 4.74 Å². The molecule has 0 spiro atoms. The van der Waals surface area contributed by atoms with E-state index in [2.05, 4.69) is 6.07 Å². The third kappa shape index (κ3) is 3.84. The Morgan fingerprint density at radius 2 is 1.58 bits per heavy atom. The SMILES string of the molecule is N#CC(=Cc1cccc(Oc2ccccc2)c1)c1ccccc1Cl. The molecule has 0 aliphatic heterocycles. The Kier molecular flexibility index (Phi) is 4.96. The van der Waals surface area contributed by atoms with Gasteiger partial charge >= 0.3 is 0 Å². The Hall–Kier alpha value is -3.02. The van der Waals surface area contributed by atoms with Crippen LogP contribution in [0.5, 0.6) is 11.5 Å². The number of allylic oxidation sites excluding steroid dienone is 1. The summed E-state index contributed by atoms with van der Waals surface area (Å²) in [6.45, 7) is 0. The van der Waals surface area contributed by atoms with E-state index < -0.39 is 0 Å². The molecule has 0 heterocycles. The van der Waals surface area contributed by atoms with E-state index in [1.54, 1.807) is 12.1 Å². The third-order valence-corrected chi connectivity index (χ3v) is 3.76. The average Bonchev–Trinajstić information content (AvgIpc) is 2.62. The molecule has 0 amide bonds. The minimum absolute atomic E-state index is 0.512. The fourth-order valence-corrected chi connectivity index (χ4v) is 2.55. The number of benzene rings is 3. The van der Waals surface area contributed by atoms with Crippen LogP contribution in [0.2, 0.25) is 5.02 Å². The van der Waals surface area contributed by atoms with Gasteiger partial charge in [-0.15, -0.1) is 0 Å². The van der Waals surface area contributed by atoms with Gasteiger partial charge in [0.25, 0.3) is 0 Å². The van der Waals surface area contributed by atoms with Crippen molar-refractivity contribution in [2.75, 3.05) is 0 Å². The Labute approximate surface area is 146 Å². The van der Waals surface area contributed by atoms with E-state index >= 15 is 0 Å². The van der Waals surface area contributed by atoms with Gasteiger partial charge in [-0.1, -0.05) is 60.1 Å². The molecule has 0 saturated carbocycles. The predicted molar refractivity (Wildman–Crippen MR) is 97.9 cm³/mol. The number of ether oxygens (including phenoxy) is 1. The second kappa shape index (κ2) is 7.50. The predicted octanol–water partition coefficient (Wildman–Crippen LogP) is 6.20. The summed E-state index contributed by atoms with van der Waals surface area (Å²) in [6, 6.07) is 26.7. The van der Waals surface area contributed by atoms with Gasteiger partial charge in [-0.05, 0) is 42.0 Å². The van der Waals surface area contributed by atoms with Crippen LogP contribution in [0.25, 0.3) is 11.6 Å². The molecule has 2 nitrogen and oxygen atoms in total. The minimum Gasteiger partial charge on any atom is -0.457 e. The number of para-hydroxylation sites is 1. The van der Waals surface area contributed by atoms with Crippen molar-refractivity contribution >= 4 is 23.3 Å². The lowest BCUT2D eigenvalue weighted by Gasteiger charge is -2.07. The highest BCUT2D eigenvalue weighted by molar-refractivity contribution is 6.32. The number of nitrogens with zero attached hydrogens (tertiary/aromatic N) is 1. The van der Waals surface area contributed by atoms with E-state index in [1.807, 2.05) is 72.8 Å². The molecule has 0 aliphatic rings. The molecule has 0 saturated heterocycles. The van der Waals surface area contributed by atoms with Gasteiger partial charge in [-0.2, -0.15) is 5.26 Å². The standard InChI is InChI=1S/C21H14ClNO/c22-21-12-5-4-11-20(21)17(15-23)13-16-7-6-10-19(14-16)24-18-8-2-1-3-9-18/h1-14H. The molecule has 0 atom stereocenters. The zero-order chi connectivity index (χ0) is 16.8. The van der Waals surface area contributed by atoms with Crippen molar-refractivity contribution in [1.29, 1.82) is 5.26 Å². The highest BCUT2D eigenvalue weighted by Crippen LogP contribution is 2.27. The van der Waals surface area contributed by atoms with Gasteiger partial charge < -0.3 is 4.74 Å². The van der Waals surface area contributed by atoms with Crippen LogP contribution in [-0.4, -0.2) is 0 Å². The maximum Gasteiger partial charge on any atom is 0.128 e. The molecule has 24 heavy (non-hydrogen) atoms. The quantitative estimate of drug-likeness (QED) is 0.421. The summed E-state index contributed by atoms with van der Waals surface area (Å²) in [5, 5.41) is 10.0. The summed E-state index contributed by atoms with van der Waals surface area (Å²) >= 11 is 6.19. The van der Waals surface area contributed by atoms with E-state index in [0.717, 1.165) is 16.9 Å². The highest BCUT2D eigenvalue weighted by atomic mass is 35.5.